The van der Waals surface area contributed by atoms with Crippen molar-refractivity contribution in [3.63, 3.8) is 0 Å². The Kier molecular flexibility index (Phi) is 7.60. The molecule has 0 aliphatic rings. The van der Waals surface area contributed by atoms with E-state index < -0.39 is 5.97 Å². The molecule has 2 N–H and O–H groups in total. The van der Waals surface area contributed by atoms with Gasteiger partial charge in [0, 0.05) is 12.1 Å². The maximum atomic E-state index is 12.3. The number of hydrogen-bond acceptors (Lipinski definition) is 2. The van der Waals surface area contributed by atoms with Crippen molar-refractivity contribution in [1.82, 2.24) is 0 Å². The number of carboxylic acid groups (broad SMARTS) is 1. The summed E-state index contributed by atoms with van der Waals surface area (Å²) in [5.74, 6) is -1.02. The van der Waals surface area contributed by atoms with E-state index in [1.807, 2.05) is 38.1 Å². The van der Waals surface area contributed by atoms with E-state index in [2.05, 4.69) is 11.4 Å². The van der Waals surface area contributed by atoms with Gasteiger partial charge in [0.15, 0.2) is 5.91 Å². The molecular formula is C18H18NO3Y+2. The van der Waals surface area contributed by atoms with Gasteiger partial charge in [-0.2, -0.15) is 29.3 Å². The van der Waals surface area contributed by atoms with Crippen LogP contribution in [0.15, 0.2) is 36.4 Å². The summed E-state index contributed by atoms with van der Waals surface area (Å²) in [5.41, 5.74) is 3.91. The van der Waals surface area contributed by atoms with Gasteiger partial charge in [-0.15, -0.1) is 0 Å². The quantitative estimate of drug-likeness (QED) is 0.776. The minimum absolute atomic E-state index is 0. The third-order valence-electron chi connectivity index (χ3n) is 3.35. The van der Waals surface area contributed by atoms with Gasteiger partial charge in [-0.25, -0.2) is 0 Å². The first-order valence-electron chi connectivity index (χ1n) is 7.07. The van der Waals surface area contributed by atoms with Crippen molar-refractivity contribution >= 4 is 17.6 Å². The first kappa shape index (κ1) is 19.5. The van der Waals surface area contributed by atoms with Crippen LogP contribution in [0.1, 0.15) is 33.5 Å². The van der Waals surface area contributed by atoms with E-state index in [0.717, 1.165) is 16.7 Å². The second-order valence-corrected chi connectivity index (χ2v) is 5.26. The molecule has 0 aromatic heterocycles. The Labute approximate surface area is 161 Å². The molecule has 0 aliphatic heterocycles. The van der Waals surface area contributed by atoms with Crippen molar-refractivity contribution in [1.29, 1.82) is 0 Å². The standard InChI is InChI=1S/C18H18NO3.Y/c1-12-6-7-13(2)16(10-12)18(22)19-15-5-3-4-14(11-15)8-9-17(20)21;/h3-6,10-11H,8-9H2,1-2H3,(H,19,22)(H,20,21);/q-1;+3. The monoisotopic (exact) mass is 385 g/mol. The summed E-state index contributed by atoms with van der Waals surface area (Å²) >= 11 is 0. The number of nitrogens with one attached hydrogen (secondary N) is 1. The SMILES string of the molecule is Cc1c[c-]c(C)c(C(=O)Nc2cccc(CCC(=O)O)c2)c1.[Y+3]. The van der Waals surface area contributed by atoms with Gasteiger partial charge >= 0.3 is 38.7 Å². The Morgan fingerprint density at radius 1 is 1.22 bits per heavy atom. The second-order valence-electron chi connectivity index (χ2n) is 5.26. The smallest absolute Gasteiger partial charge is 0.481 e. The van der Waals surface area contributed by atoms with Crippen LogP contribution in [0.4, 0.5) is 5.69 Å². The number of aliphatic carboxylic acids is 1. The molecule has 0 spiro atoms. The van der Waals surface area contributed by atoms with E-state index >= 15 is 0 Å². The van der Waals surface area contributed by atoms with E-state index in [1.165, 1.54) is 0 Å². The maximum absolute atomic E-state index is 12.3. The van der Waals surface area contributed by atoms with Crippen LogP contribution in [-0.2, 0) is 43.9 Å². The summed E-state index contributed by atoms with van der Waals surface area (Å²) in [5, 5.41) is 11.6. The van der Waals surface area contributed by atoms with Crippen LogP contribution in [0.3, 0.4) is 0 Å². The van der Waals surface area contributed by atoms with E-state index in [4.69, 9.17) is 5.11 Å². The number of anilines is 1. The van der Waals surface area contributed by atoms with Gasteiger partial charge in [-0.1, -0.05) is 31.5 Å². The molecule has 2 aromatic rings. The molecule has 1 amide bonds. The molecule has 0 fully saturated rings. The number of rotatable bonds is 5. The van der Waals surface area contributed by atoms with Crippen LogP contribution < -0.4 is 5.32 Å². The maximum Gasteiger partial charge on any atom is 3.00 e. The Morgan fingerprint density at radius 3 is 2.65 bits per heavy atom. The molecule has 0 aliphatic carbocycles. The van der Waals surface area contributed by atoms with Gasteiger partial charge in [-0.3, -0.25) is 9.59 Å². The van der Waals surface area contributed by atoms with E-state index in [9.17, 15) is 9.59 Å². The Hall–Kier alpha value is -1.52. The summed E-state index contributed by atoms with van der Waals surface area (Å²) in [6.45, 7) is 3.76. The second kappa shape index (κ2) is 8.95. The zero-order valence-electron chi connectivity index (χ0n) is 13.2. The topological polar surface area (TPSA) is 66.4 Å². The van der Waals surface area contributed by atoms with Crippen molar-refractivity contribution in [2.24, 2.45) is 0 Å². The zero-order chi connectivity index (χ0) is 16.1. The fourth-order valence-electron chi connectivity index (χ4n) is 2.17. The molecule has 114 valence electrons. The molecule has 0 radical (unpaired) electrons. The van der Waals surface area contributed by atoms with Gasteiger partial charge in [0.1, 0.15) is 0 Å². The van der Waals surface area contributed by atoms with Gasteiger partial charge in [0.05, 0.1) is 0 Å². The Bertz CT molecular complexity index is 713. The van der Waals surface area contributed by atoms with Crippen LogP contribution in [-0.4, -0.2) is 17.0 Å². The molecule has 2 aromatic carbocycles. The summed E-state index contributed by atoms with van der Waals surface area (Å²) in [7, 11) is 0. The fraction of sp³-hybridized carbons (Fsp3) is 0.222. The third kappa shape index (κ3) is 5.89. The van der Waals surface area contributed by atoms with Crippen LogP contribution in [0.5, 0.6) is 0 Å². The van der Waals surface area contributed by atoms with Crippen LogP contribution in [0.2, 0.25) is 0 Å². The minimum atomic E-state index is -0.833. The summed E-state index contributed by atoms with van der Waals surface area (Å²) in [6, 6.07) is 14.0. The van der Waals surface area contributed by atoms with E-state index in [-0.39, 0.29) is 45.0 Å². The Morgan fingerprint density at radius 2 is 1.96 bits per heavy atom. The van der Waals surface area contributed by atoms with Crippen LogP contribution in [0.25, 0.3) is 0 Å². The normalized spacial score (nSPS) is 9.83. The zero-order valence-corrected chi connectivity index (χ0v) is 16.1. The van der Waals surface area contributed by atoms with E-state index in [1.54, 1.807) is 12.1 Å². The Balaban J connectivity index is 0.00000264. The largest absolute Gasteiger partial charge is 3.00 e. The number of carbonyl (C=O) groups excluding carboxylic acids is 1. The molecule has 2 rings (SSSR count). The summed E-state index contributed by atoms with van der Waals surface area (Å²) in [6.07, 6.45) is 0.514. The van der Waals surface area contributed by atoms with Gasteiger partial charge < -0.3 is 10.4 Å². The van der Waals surface area contributed by atoms with Crippen molar-refractivity contribution < 1.29 is 47.4 Å². The molecule has 0 saturated heterocycles. The fourth-order valence-corrected chi connectivity index (χ4v) is 2.17. The first-order valence-corrected chi connectivity index (χ1v) is 7.07. The number of carbonyl (C=O) groups is 2. The summed E-state index contributed by atoms with van der Waals surface area (Å²) < 4.78 is 0. The molecule has 0 atom stereocenters. The summed E-state index contributed by atoms with van der Waals surface area (Å²) in [4.78, 5) is 23.0. The number of hydrogen-bond donors (Lipinski definition) is 2. The van der Waals surface area contributed by atoms with Crippen molar-refractivity contribution in [3.8, 4) is 0 Å². The van der Waals surface area contributed by atoms with E-state index in [0.29, 0.717) is 17.7 Å². The number of aryl methyl sites for hydroxylation is 3. The van der Waals surface area contributed by atoms with Crippen LogP contribution in [0, 0.1) is 19.9 Å². The van der Waals surface area contributed by atoms with Crippen molar-refractivity contribution in [2.75, 3.05) is 5.32 Å². The molecule has 0 bridgehead atoms. The number of amides is 1. The molecule has 23 heavy (non-hydrogen) atoms. The molecule has 5 heteroatoms. The average Bonchev–Trinajstić information content (AvgIpc) is 2.48. The predicted molar refractivity (Wildman–Crippen MR) is 85.1 cm³/mol. The molecule has 0 heterocycles. The van der Waals surface area contributed by atoms with Crippen molar-refractivity contribution in [3.05, 3.63) is 64.7 Å². The molecular weight excluding hydrogens is 367 g/mol. The molecule has 0 saturated carbocycles. The van der Waals surface area contributed by atoms with Gasteiger partial charge in [-0.05, 0) is 24.1 Å². The number of carboxylic acids is 1. The molecule has 4 nitrogen and oxygen atoms in total. The van der Waals surface area contributed by atoms with Gasteiger partial charge in [0.2, 0.25) is 0 Å². The molecule has 0 unspecified atom stereocenters. The van der Waals surface area contributed by atoms with Crippen molar-refractivity contribution in [2.45, 2.75) is 26.7 Å². The van der Waals surface area contributed by atoms with Crippen LogP contribution >= 0.6 is 0 Å². The third-order valence-corrected chi connectivity index (χ3v) is 3.35. The number of benzene rings is 2. The minimum Gasteiger partial charge on any atom is -0.481 e. The average molecular weight is 385 g/mol. The first-order chi connectivity index (χ1) is 10.5. The van der Waals surface area contributed by atoms with Gasteiger partial charge in [0.25, 0.3) is 0 Å². The predicted octanol–water partition coefficient (Wildman–Crippen LogP) is 3.37.